The zero-order chi connectivity index (χ0) is 16.7. The Hall–Kier alpha value is -1.66. The molecule has 0 atom stereocenters. The Morgan fingerprint density at radius 3 is 2.45 bits per heavy atom. The van der Waals surface area contributed by atoms with Gasteiger partial charge in [-0.05, 0) is 31.1 Å². The van der Waals surface area contributed by atoms with E-state index in [0.717, 1.165) is 21.9 Å². The molecule has 0 aliphatic rings. The maximum absolute atomic E-state index is 12.1. The van der Waals surface area contributed by atoms with E-state index in [2.05, 4.69) is 18.5 Å². The topological polar surface area (TPSA) is 41.6 Å². The van der Waals surface area contributed by atoms with Crippen molar-refractivity contribution in [3.05, 3.63) is 41.3 Å². The number of carbonyl (C=O) groups excluding carboxylic acids is 1. The molecule has 0 radical (unpaired) electrons. The summed E-state index contributed by atoms with van der Waals surface area (Å²) in [7, 11) is 1.39. The predicted molar refractivity (Wildman–Crippen MR) is 98.0 cm³/mol. The number of hydrogen-bond donors (Lipinski definition) is 1. The number of anilines is 1. The first-order chi connectivity index (χ1) is 10.5. The van der Waals surface area contributed by atoms with Crippen LogP contribution in [0.5, 0.6) is 0 Å². The van der Waals surface area contributed by atoms with E-state index in [9.17, 15) is 4.79 Å². The third-order valence-corrected chi connectivity index (χ3v) is 4.58. The molecule has 0 unspecified atom stereocenters. The van der Waals surface area contributed by atoms with E-state index in [1.807, 2.05) is 18.7 Å². The number of ether oxygens (including phenoxy) is 1. The summed E-state index contributed by atoms with van der Waals surface area (Å²) in [6.07, 6.45) is 4.32. The SMILES string of the molecule is C=CCN(CC=C)C(=S)Nc1sc(C)c(CC)c1C(=O)OC. The second-order valence-electron chi connectivity index (χ2n) is 4.60. The van der Waals surface area contributed by atoms with Crippen molar-refractivity contribution >= 4 is 39.6 Å². The fourth-order valence-electron chi connectivity index (χ4n) is 2.14. The molecule has 0 saturated heterocycles. The van der Waals surface area contributed by atoms with Crippen LogP contribution in [0.1, 0.15) is 27.7 Å². The lowest BCUT2D eigenvalue weighted by Crippen LogP contribution is -2.35. The standard InChI is InChI=1S/C16H22N2O2S2/c1-6-9-18(10-7-2)16(21)17-14-13(15(19)20-5)12(8-3)11(4)22-14/h6-7H,1-2,8-10H2,3-5H3,(H,17,21). The Morgan fingerprint density at radius 1 is 1.41 bits per heavy atom. The van der Waals surface area contributed by atoms with E-state index in [1.54, 1.807) is 12.2 Å². The van der Waals surface area contributed by atoms with Crippen LogP contribution in [0.4, 0.5) is 5.00 Å². The van der Waals surface area contributed by atoms with Gasteiger partial charge < -0.3 is 15.0 Å². The fraction of sp³-hybridized carbons (Fsp3) is 0.375. The van der Waals surface area contributed by atoms with Gasteiger partial charge in [-0.2, -0.15) is 0 Å². The molecule has 4 nitrogen and oxygen atoms in total. The summed E-state index contributed by atoms with van der Waals surface area (Å²) < 4.78 is 4.91. The van der Waals surface area contributed by atoms with Crippen LogP contribution in [0.15, 0.2) is 25.3 Å². The normalized spacial score (nSPS) is 9.95. The van der Waals surface area contributed by atoms with E-state index in [4.69, 9.17) is 17.0 Å². The van der Waals surface area contributed by atoms with E-state index in [0.29, 0.717) is 23.8 Å². The molecular weight excluding hydrogens is 316 g/mol. The molecule has 0 amide bonds. The fourth-order valence-corrected chi connectivity index (χ4v) is 3.59. The van der Waals surface area contributed by atoms with Gasteiger partial charge in [0.05, 0.1) is 12.7 Å². The number of nitrogens with zero attached hydrogens (tertiary/aromatic N) is 1. The molecule has 0 aromatic carbocycles. The Morgan fingerprint density at radius 2 is 2.00 bits per heavy atom. The molecular formula is C16H22N2O2S2. The number of thiocarbonyl (C=S) groups is 1. The van der Waals surface area contributed by atoms with Gasteiger partial charge >= 0.3 is 5.97 Å². The highest BCUT2D eigenvalue weighted by Crippen LogP contribution is 2.34. The number of carbonyl (C=O) groups is 1. The third-order valence-electron chi connectivity index (χ3n) is 3.16. The van der Waals surface area contributed by atoms with E-state index < -0.39 is 0 Å². The smallest absolute Gasteiger partial charge is 0.341 e. The highest BCUT2D eigenvalue weighted by Gasteiger charge is 2.23. The Balaban J connectivity index is 3.11. The van der Waals surface area contributed by atoms with Crippen molar-refractivity contribution in [2.75, 3.05) is 25.5 Å². The van der Waals surface area contributed by atoms with Crippen molar-refractivity contribution in [3.8, 4) is 0 Å². The van der Waals surface area contributed by atoms with E-state index in [-0.39, 0.29) is 5.97 Å². The van der Waals surface area contributed by atoms with E-state index >= 15 is 0 Å². The summed E-state index contributed by atoms with van der Waals surface area (Å²) in [5, 5.41) is 4.43. The van der Waals surface area contributed by atoms with Gasteiger partial charge in [0.25, 0.3) is 0 Å². The van der Waals surface area contributed by atoms with Crippen molar-refractivity contribution in [1.82, 2.24) is 4.90 Å². The van der Waals surface area contributed by atoms with Crippen LogP contribution in [0, 0.1) is 6.92 Å². The van der Waals surface area contributed by atoms with Gasteiger partial charge in [-0.15, -0.1) is 24.5 Å². The molecule has 1 aromatic rings. The first-order valence-electron chi connectivity index (χ1n) is 6.98. The van der Waals surface area contributed by atoms with Crippen LogP contribution in [0.25, 0.3) is 0 Å². The Bertz CT molecular complexity index is 569. The molecule has 1 N–H and O–H groups in total. The highest BCUT2D eigenvalue weighted by atomic mass is 32.1. The first kappa shape index (κ1) is 18.4. The van der Waals surface area contributed by atoms with Crippen molar-refractivity contribution in [3.63, 3.8) is 0 Å². The molecule has 6 heteroatoms. The minimum Gasteiger partial charge on any atom is -0.465 e. The highest BCUT2D eigenvalue weighted by molar-refractivity contribution is 7.80. The van der Waals surface area contributed by atoms with Crippen LogP contribution in [-0.4, -0.2) is 36.2 Å². The van der Waals surface area contributed by atoms with Crippen molar-refractivity contribution in [2.45, 2.75) is 20.3 Å². The molecule has 120 valence electrons. The monoisotopic (exact) mass is 338 g/mol. The molecule has 1 aromatic heterocycles. The summed E-state index contributed by atoms with van der Waals surface area (Å²) in [5.74, 6) is -0.342. The van der Waals surface area contributed by atoms with Crippen LogP contribution >= 0.6 is 23.6 Å². The zero-order valence-corrected chi connectivity index (χ0v) is 14.9. The zero-order valence-electron chi connectivity index (χ0n) is 13.3. The van der Waals surface area contributed by atoms with Crippen LogP contribution in [-0.2, 0) is 11.2 Å². The number of aryl methyl sites for hydroxylation is 1. The summed E-state index contributed by atoms with van der Waals surface area (Å²) in [5.41, 5.74) is 1.58. The number of hydrogen-bond acceptors (Lipinski definition) is 4. The summed E-state index contributed by atoms with van der Waals surface area (Å²) >= 11 is 6.95. The maximum Gasteiger partial charge on any atom is 0.341 e. The lowest BCUT2D eigenvalue weighted by molar-refractivity contribution is 0.0601. The molecule has 0 aliphatic heterocycles. The molecule has 0 aliphatic carbocycles. The van der Waals surface area contributed by atoms with Crippen LogP contribution in [0.3, 0.4) is 0 Å². The number of esters is 1. The molecule has 1 heterocycles. The van der Waals surface area contributed by atoms with Gasteiger partial charge in [-0.25, -0.2) is 4.79 Å². The van der Waals surface area contributed by atoms with Crippen molar-refractivity contribution in [1.29, 1.82) is 0 Å². The lowest BCUT2D eigenvalue weighted by Gasteiger charge is -2.22. The second-order valence-corrected chi connectivity index (χ2v) is 6.21. The molecule has 22 heavy (non-hydrogen) atoms. The number of methoxy groups -OCH3 is 1. The van der Waals surface area contributed by atoms with Gasteiger partial charge in [0.15, 0.2) is 5.11 Å². The molecule has 0 spiro atoms. The molecule has 0 fully saturated rings. The van der Waals surface area contributed by atoms with Crippen LogP contribution in [0.2, 0.25) is 0 Å². The van der Waals surface area contributed by atoms with Crippen molar-refractivity contribution < 1.29 is 9.53 Å². The van der Waals surface area contributed by atoms with Gasteiger partial charge in [0.1, 0.15) is 5.00 Å². The van der Waals surface area contributed by atoms with Gasteiger partial charge in [0.2, 0.25) is 0 Å². The van der Waals surface area contributed by atoms with Crippen molar-refractivity contribution in [2.24, 2.45) is 0 Å². The summed E-state index contributed by atoms with van der Waals surface area (Å²) in [6.45, 7) is 12.7. The van der Waals surface area contributed by atoms with Gasteiger partial charge in [-0.3, -0.25) is 0 Å². The largest absolute Gasteiger partial charge is 0.465 e. The quantitative estimate of drug-likeness (QED) is 0.465. The lowest BCUT2D eigenvalue weighted by atomic mass is 10.1. The number of nitrogens with one attached hydrogen (secondary N) is 1. The molecule has 0 saturated carbocycles. The minimum absolute atomic E-state index is 0.342. The molecule has 0 bridgehead atoms. The predicted octanol–water partition coefficient (Wildman–Crippen LogP) is 3.78. The Kier molecular flexibility index (Phi) is 7.27. The maximum atomic E-state index is 12.1. The van der Waals surface area contributed by atoms with Gasteiger partial charge in [0, 0.05) is 18.0 Å². The number of rotatable bonds is 7. The Labute approximate surface area is 141 Å². The van der Waals surface area contributed by atoms with Gasteiger partial charge in [-0.1, -0.05) is 19.1 Å². The average molecular weight is 338 g/mol. The summed E-state index contributed by atoms with van der Waals surface area (Å²) in [4.78, 5) is 15.1. The minimum atomic E-state index is -0.342. The van der Waals surface area contributed by atoms with E-state index in [1.165, 1.54) is 18.4 Å². The average Bonchev–Trinajstić information content (AvgIpc) is 2.81. The molecule has 1 rings (SSSR count). The number of thiophene rings is 1. The second kappa shape index (κ2) is 8.70. The third kappa shape index (κ3) is 4.18. The summed E-state index contributed by atoms with van der Waals surface area (Å²) in [6, 6.07) is 0. The first-order valence-corrected chi connectivity index (χ1v) is 8.20. The van der Waals surface area contributed by atoms with Crippen LogP contribution < -0.4 is 5.32 Å².